The van der Waals surface area contributed by atoms with Gasteiger partial charge in [-0.3, -0.25) is 0 Å². The largest absolute Gasteiger partial charge is 0.492 e. The summed E-state index contributed by atoms with van der Waals surface area (Å²) in [5.74, 6) is 0.937. The second kappa shape index (κ2) is 4.21. The Morgan fingerprint density at radius 2 is 2.14 bits per heavy atom. The molecule has 0 aliphatic carbocycles. The van der Waals surface area contributed by atoms with Crippen molar-refractivity contribution in [3.05, 3.63) is 26.5 Å². The molecule has 4 heteroatoms. The third-order valence-electron chi connectivity index (χ3n) is 1.86. The summed E-state index contributed by atoms with van der Waals surface area (Å²) < 4.78 is 8.98. The van der Waals surface area contributed by atoms with Crippen molar-refractivity contribution < 1.29 is 4.74 Å². The second-order valence-corrected chi connectivity index (χ2v) is 6.09. The zero-order chi connectivity index (χ0) is 10.1. The smallest absolute Gasteiger partial charge is 0.142 e. The van der Waals surface area contributed by atoms with Crippen molar-refractivity contribution in [1.29, 1.82) is 0 Å². The van der Waals surface area contributed by atoms with Crippen LogP contribution in [0.1, 0.15) is 6.92 Å². The average Bonchev–Trinajstić information content (AvgIpc) is 2.51. The highest BCUT2D eigenvalue weighted by Gasteiger charge is 2.09. The minimum atomic E-state index is 0.686. The Kier molecular flexibility index (Phi) is 3.14. The van der Waals surface area contributed by atoms with E-state index in [0.29, 0.717) is 6.61 Å². The van der Waals surface area contributed by atoms with E-state index in [1.54, 1.807) is 11.3 Å². The van der Waals surface area contributed by atoms with E-state index in [2.05, 4.69) is 44.0 Å². The van der Waals surface area contributed by atoms with E-state index < -0.39 is 0 Å². The van der Waals surface area contributed by atoms with E-state index in [-0.39, 0.29) is 0 Å². The van der Waals surface area contributed by atoms with Gasteiger partial charge in [0.25, 0.3) is 0 Å². The highest BCUT2D eigenvalue weighted by atomic mass is 79.9. The van der Waals surface area contributed by atoms with Gasteiger partial charge in [0.15, 0.2) is 0 Å². The molecule has 0 aliphatic rings. The van der Waals surface area contributed by atoms with Crippen LogP contribution in [-0.2, 0) is 0 Å². The summed E-state index contributed by atoms with van der Waals surface area (Å²) in [4.78, 5) is 0. The molecule has 2 rings (SSSR count). The first-order chi connectivity index (χ1) is 6.72. The number of hydrogen-bond donors (Lipinski definition) is 0. The topological polar surface area (TPSA) is 9.23 Å². The average molecular weight is 336 g/mol. The number of hydrogen-bond acceptors (Lipinski definition) is 2. The molecule has 74 valence electrons. The molecule has 0 unspecified atom stereocenters. The number of thiophene rings is 1. The maximum atomic E-state index is 5.60. The lowest BCUT2D eigenvalue weighted by Gasteiger charge is -2.06. The third kappa shape index (κ3) is 1.83. The lowest BCUT2D eigenvalue weighted by molar-refractivity contribution is 0.342. The molecule has 1 nitrogen and oxygen atoms in total. The quantitative estimate of drug-likeness (QED) is 0.764. The molecular weight excluding hydrogens is 328 g/mol. The molecule has 0 fully saturated rings. The van der Waals surface area contributed by atoms with Crippen molar-refractivity contribution in [2.75, 3.05) is 6.61 Å². The lowest BCUT2D eigenvalue weighted by Crippen LogP contribution is -1.92. The third-order valence-corrected chi connectivity index (χ3v) is 4.09. The maximum absolute atomic E-state index is 5.60. The van der Waals surface area contributed by atoms with Gasteiger partial charge in [-0.25, -0.2) is 0 Å². The van der Waals surface area contributed by atoms with Crippen LogP contribution in [-0.4, -0.2) is 6.61 Å². The van der Waals surface area contributed by atoms with Crippen molar-refractivity contribution in [3.8, 4) is 5.75 Å². The van der Waals surface area contributed by atoms with Gasteiger partial charge in [0, 0.05) is 10.1 Å². The molecule has 0 saturated carbocycles. The minimum absolute atomic E-state index is 0.686. The van der Waals surface area contributed by atoms with Gasteiger partial charge in [0.1, 0.15) is 5.75 Å². The molecule has 0 saturated heterocycles. The summed E-state index contributed by atoms with van der Waals surface area (Å²) in [5, 5.41) is 1.16. The summed E-state index contributed by atoms with van der Waals surface area (Å²) in [5.41, 5.74) is 0. The summed E-state index contributed by atoms with van der Waals surface area (Å²) in [6.45, 7) is 2.68. The molecule has 14 heavy (non-hydrogen) atoms. The Bertz CT molecular complexity index is 464. The molecule has 0 bridgehead atoms. The number of ether oxygens (including phenoxy) is 1. The van der Waals surface area contributed by atoms with Crippen molar-refractivity contribution in [2.24, 2.45) is 0 Å². The molecule has 0 spiro atoms. The van der Waals surface area contributed by atoms with E-state index in [9.17, 15) is 0 Å². The first-order valence-electron chi connectivity index (χ1n) is 4.22. The van der Waals surface area contributed by atoms with E-state index in [1.807, 2.05) is 13.0 Å². The molecule has 2 aromatic rings. The molecule has 0 atom stereocenters. The Morgan fingerprint density at radius 1 is 1.36 bits per heavy atom. The van der Waals surface area contributed by atoms with Crippen LogP contribution in [0.25, 0.3) is 10.1 Å². The molecule has 1 aromatic carbocycles. The van der Waals surface area contributed by atoms with Crippen molar-refractivity contribution >= 4 is 53.3 Å². The Labute approximate surface area is 103 Å². The van der Waals surface area contributed by atoms with Crippen molar-refractivity contribution in [2.45, 2.75) is 6.92 Å². The van der Waals surface area contributed by atoms with Gasteiger partial charge >= 0.3 is 0 Å². The van der Waals surface area contributed by atoms with Gasteiger partial charge < -0.3 is 4.74 Å². The fraction of sp³-hybridized carbons (Fsp3) is 0.200. The number of halogens is 2. The fourth-order valence-corrected chi connectivity index (χ4v) is 3.32. The van der Waals surface area contributed by atoms with Gasteiger partial charge in [0.05, 0.1) is 14.9 Å². The highest BCUT2D eigenvalue weighted by molar-refractivity contribution is 9.11. The zero-order valence-electron chi connectivity index (χ0n) is 7.51. The second-order valence-electron chi connectivity index (χ2n) is 2.77. The molecule has 1 aromatic heterocycles. The van der Waals surface area contributed by atoms with Crippen LogP contribution in [0.5, 0.6) is 5.75 Å². The predicted molar refractivity (Wildman–Crippen MR) is 68.4 cm³/mol. The number of rotatable bonds is 2. The highest BCUT2D eigenvalue weighted by Crippen LogP contribution is 2.39. The van der Waals surface area contributed by atoms with Gasteiger partial charge in [-0.1, -0.05) is 0 Å². The Balaban J connectivity index is 2.68. The summed E-state index contributed by atoms with van der Waals surface area (Å²) >= 11 is 8.69. The predicted octanol–water partition coefficient (Wildman–Crippen LogP) is 4.83. The molecule has 0 radical (unpaired) electrons. The van der Waals surface area contributed by atoms with Gasteiger partial charge in [-0.05, 0) is 57.0 Å². The normalized spacial score (nSPS) is 10.8. The van der Waals surface area contributed by atoms with Crippen LogP contribution in [0.2, 0.25) is 0 Å². The van der Waals surface area contributed by atoms with Gasteiger partial charge in [-0.2, -0.15) is 0 Å². The minimum Gasteiger partial charge on any atom is -0.492 e. The van der Waals surface area contributed by atoms with Crippen molar-refractivity contribution in [1.82, 2.24) is 0 Å². The van der Waals surface area contributed by atoms with E-state index in [4.69, 9.17) is 4.74 Å². The number of fused-ring (bicyclic) bond motifs is 1. The zero-order valence-corrected chi connectivity index (χ0v) is 11.5. The van der Waals surface area contributed by atoms with Gasteiger partial charge in [-0.15, -0.1) is 11.3 Å². The van der Waals surface area contributed by atoms with Crippen LogP contribution in [0.15, 0.2) is 26.5 Å². The van der Waals surface area contributed by atoms with Crippen LogP contribution in [0.4, 0.5) is 0 Å². The summed E-state index contributed by atoms with van der Waals surface area (Å²) in [7, 11) is 0. The monoisotopic (exact) mass is 334 g/mol. The molecular formula is C10H8Br2OS. The van der Waals surface area contributed by atoms with Crippen LogP contribution >= 0.6 is 43.2 Å². The Morgan fingerprint density at radius 3 is 2.86 bits per heavy atom. The maximum Gasteiger partial charge on any atom is 0.142 e. The summed E-state index contributed by atoms with van der Waals surface area (Å²) in [6, 6.07) is 6.21. The first kappa shape index (κ1) is 10.5. The van der Waals surface area contributed by atoms with Crippen LogP contribution in [0.3, 0.4) is 0 Å². The van der Waals surface area contributed by atoms with Crippen LogP contribution in [0, 0.1) is 0 Å². The van der Waals surface area contributed by atoms with Gasteiger partial charge in [0.2, 0.25) is 0 Å². The SMILES string of the molecule is CCOc1c(Br)ccc2sc(Br)cc12. The fourth-order valence-electron chi connectivity index (χ4n) is 1.32. The van der Waals surface area contributed by atoms with E-state index in [1.165, 1.54) is 4.70 Å². The Hall–Kier alpha value is -0.0600. The van der Waals surface area contributed by atoms with E-state index in [0.717, 1.165) is 19.4 Å². The molecule has 1 heterocycles. The lowest BCUT2D eigenvalue weighted by atomic mass is 10.2. The van der Waals surface area contributed by atoms with E-state index >= 15 is 0 Å². The summed E-state index contributed by atoms with van der Waals surface area (Å²) in [6.07, 6.45) is 0. The van der Waals surface area contributed by atoms with Crippen molar-refractivity contribution in [3.63, 3.8) is 0 Å². The molecule has 0 amide bonds. The molecule has 0 aliphatic heterocycles. The standard InChI is InChI=1S/C10H8Br2OS/c1-2-13-10-6-5-9(12)14-8(6)4-3-7(10)11/h3-5H,2H2,1H3. The first-order valence-corrected chi connectivity index (χ1v) is 6.63. The number of benzene rings is 1. The molecule has 0 N–H and O–H groups in total. The van der Waals surface area contributed by atoms with Crippen LogP contribution < -0.4 is 4.74 Å².